The molecule has 1 heterocycles. The van der Waals surface area contributed by atoms with Crippen LogP contribution in [0.4, 0.5) is 15.6 Å². The molecule has 3 aromatic rings. The SMILES string of the molecule is Cc1ccccc1Sc1ccccc1NC(=O)Nc1nccs1. The molecule has 2 amide bonds. The fraction of sp³-hybridized carbons (Fsp3) is 0.0588. The number of aryl methyl sites for hydroxylation is 1. The highest BCUT2D eigenvalue weighted by Gasteiger charge is 2.09. The lowest BCUT2D eigenvalue weighted by Gasteiger charge is -2.12. The first kappa shape index (κ1) is 15.6. The fourth-order valence-corrected chi connectivity index (χ4v) is 3.50. The number of nitrogens with zero attached hydrogens (tertiary/aromatic N) is 1. The summed E-state index contributed by atoms with van der Waals surface area (Å²) >= 11 is 3.02. The highest BCUT2D eigenvalue weighted by Crippen LogP contribution is 2.35. The van der Waals surface area contributed by atoms with Gasteiger partial charge in [-0.05, 0) is 30.7 Å². The number of hydrogen-bond acceptors (Lipinski definition) is 4. The monoisotopic (exact) mass is 341 g/mol. The third-order valence-electron chi connectivity index (χ3n) is 3.10. The first-order valence-electron chi connectivity index (χ1n) is 7.02. The maximum absolute atomic E-state index is 12.1. The van der Waals surface area contributed by atoms with Crippen LogP contribution in [0.15, 0.2) is 69.9 Å². The predicted molar refractivity (Wildman–Crippen MR) is 96.5 cm³/mol. The number of benzene rings is 2. The lowest BCUT2D eigenvalue weighted by Crippen LogP contribution is -2.19. The number of anilines is 2. The number of amides is 2. The minimum Gasteiger partial charge on any atom is -0.307 e. The number of thiazole rings is 1. The van der Waals surface area contributed by atoms with Crippen molar-refractivity contribution in [3.8, 4) is 0 Å². The van der Waals surface area contributed by atoms with E-state index in [0.29, 0.717) is 5.13 Å². The molecule has 6 heteroatoms. The van der Waals surface area contributed by atoms with Crippen LogP contribution in [0.25, 0.3) is 0 Å². The van der Waals surface area contributed by atoms with Crippen molar-refractivity contribution in [2.75, 3.05) is 10.6 Å². The van der Waals surface area contributed by atoms with Crippen molar-refractivity contribution in [3.63, 3.8) is 0 Å². The molecule has 0 saturated heterocycles. The number of urea groups is 1. The summed E-state index contributed by atoms with van der Waals surface area (Å²) in [5.41, 5.74) is 1.98. The lowest BCUT2D eigenvalue weighted by atomic mass is 10.2. The molecule has 3 rings (SSSR count). The van der Waals surface area contributed by atoms with E-state index in [0.717, 1.165) is 10.6 Å². The van der Waals surface area contributed by atoms with E-state index in [1.54, 1.807) is 18.0 Å². The summed E-state index contributed by atoms with van der Waals surface area (Å²) in [4.78, 5) is 18.3. The van der Waals surface area contributed by atoms with Crippen molar-refractivity contribution in [3.05, 3.63) is 65.7 Å². The molecule has 0 saturated carbocycles. The van der Waals surface area contributed by atoms with Crippen LogP contribution in [0.1, 0.15) is 5.56 Å². The van der Waals surface area contributed by atoms with Gasteiger partial charge in [0.15, 0.2) is 5.13 Å². The maximum atomic E-state index is 12.1. The smallest absolute Gasteiger partial charge is 0.307 e. The molecule has 0 radical (unpaired) electrons. The van der Waals surface area contributed by atoms with Gasteiger partial charge in [-0.15, -0.1) is 11.3 Å². The second-order valence-electron chi connectivity index (χ2n) is 4.78. The third kappa shape index (κ3) is 4.12. The van der Waals surface area contributed by atoms with E-state index < -0.39 is 0 Å². The van der Waals surface area contributed by atoms with Gasteiger partial charge >= 0.3 is 6.03 Å². The number of carbonyl (C=O) groups excluding carboxylic acids is 1. The van der Waals surface area contributed by atoms with Gasteiger partial charge in [0.05, 0.1) is 5.69 Å². The Bertz CT molecular complexity index is 803. The van der Waals surface area contributed by atoms with Crippen LogP contribution in [-0.2, 0) is 0 Å². The molecule has 0 fully saturated rings. The van der Waals surface area contributed by atoms with E-state index in [2.05, 4.69) is 34.7 Å². The van der Waals surface area contributed by atoms with Crippen LogP contribution < -0.4 is 10.6 Å². The van der Waals surface area contributed by atoms with Crippen molar-refractivity contribution in [1.29, 1.82) is 0 Å². The van der Waals surface area contributed by atoms with Crippen LogP contribution in [0, 0.1) is 6.92 Å². The first-order valence-corrected chi connectivity index (χ1v) is 8.72. The van der Waals surface area contributed by atoms with E-state index in [-0.39, 0.29) is 6.03 Å². The van der Waals surface area contributed by atoms with Crippen LogP contribution in [0.5, 0.6) is 0 Å². The molecule has 0 unspecified atom stereocenters. The standard InChI is InChI=1S/C17H15N3OS2/c1-12-6-2-4-8-14(12)23-15-9-5-3-7-13(15)19-16(21)20-17-18-10-11-22-17/h2-11H,1H3,(H2,18,19,20,21). The van der Waals surface area contributed by atoms with Crippen molar-refractivity contribution in [2.24, 2.45) is 0 Å². The van der Waals surface area contributed by atoms with Crippen LogP contribution in [-0.4, -0.2) is 11.0 Å². The predicted octanol–water partition coefficient (Wildman–Crippen LogP) is 5.25. The Hall–Kier alpha value is -2.31. The summed E-state index contributed by atoms with van der Waals surface area (Å²) in [7, 11) is 0. The van der Waals surface area contributed by atoms with Gasteiger partial charge in [-0.2, -0.15) is 0 Å². The fourth-order valence-electron chi connectivity index (χ4n) is 1.98. The summed E-state index contributed by atoms with van der Waals surface area (Å²) in [5, 5.41) is 8.00. The normalized spacial score (nSPS) is 10.3. The van der Waals surface area contributed by atoms with E-state index in [9.17, 15) is 4.79 Å². The lowest BCUT2D eigenvalue weighted by molar-refractivity contribution is 0.262. The average Bonchev–Trinajstić information content (AvgIpc) is 3.04. The molecular formula is C17H15N3OS2. The van der Waals surface area contributed by atoms with Gasteiger partial charge in [0, 0.05) is 21.4 Å². The van der Waals surface area contributed by atoms with Gasteiger partial charge in [0.25, 0.3) is 0 Å². The molecular weight excluding hydrogens is 326 g/mol. The largest absolute Gasteiger partial charge is 0.325 e. The molecule has 4 nitrogen and oxygen atoms in total. The quantitative estimate of drug-likeness (QED) is 0.682. The van der Waals surface area contributed by atoms with Gasteiger partial charge < -0.3 is 5.32 Å². The number of hydrogen-bond donors (Lipinski definition) is 2. The highest BCUT2D eigenvalue weighted by molar-refractivity contribution is 7.99. The molecule has 116 valence electrons. The number of carbonyl (C=O) groups is 1. The Balaban J connectivity index is 1.75. The van der Waals surface area contributed by atoms with Crippen molar-refractivity contribution < 1.29 is 4.79 Å². The zero-order valence-corrected chi connectivity index (χ0v) is 14.1. The van der Waals surface area contributed by atoms with Crippen LogP contribution in [0.3, 0.4) is 0 Å². The van der Waals surface area contributed by atoms with Gasteiger partial charge in [-0.1, -0.05) is 42.1 Å². The molecule has 1 aromatic heterocycles. The second-order valence-corrected chi connectivity index (χ2v) is 6.76. The van der Waals surface area contributed by atoms with Gasteiger partial charge in [0.1, 0.15) is 0 Å². The molecule has 0 aliphatic carbocycles. The molecule has 23 heavy (non-hydrogen) atoms. The summed E-state index contributed by atoms with van der Waals surface area (Å²) in [6, 6.07) is 15.6. The number of para-hydroxylation sites is 1. The molecule has 0 aliphatic heterocycles. The van der Waals surface area contributed by atoms with E-state index >= 15 is 0 Å². The summed E-state index contributed by atoms with van der Waals surface area (Å²) < 4.78 is 0. The van der Waals surface area contributed by atoms with Gasteiger partial charge in [-0.3, -0.25) is 5.32 Å². The molecule has 0 atom stereocenters. The molecule has 2 aromatic carbocycles. The minimum absolute atomic E-state index is 0.294. The Morgan fingerprint density at radius 3 is 2.52 bits per heavy atom. The average molecular weight is 341 g/mol. The number of aromatic nitrogens is 1. The topological polar surface area (TPSA) is 54.0 Å². The van der Waals surface area contributed by atoms with Crippen LogP contribution >= 0.6 is 23.1 Å². The van der Waals surface area contributed by atoms with E-state index in [1.807, 2.05) is 41.8 Å². The van der Waals surface area contributed by atoms with Crippen molar-refractivity contribution in [1.82, 2.24) is 4.98 Å². The molecule has 0 spiro atoms. The van der Waals surface area contributed by atoms with Gasteiger partial charge in [0.2, 0.25) is 0 Å². The number of rotatable bonds is 4. The molecule has 2 N–H and O–H groups in total. The van der Waals surface area contributed by atoms with Gasteiger partial charge in [-0.25, -0.2) is 9.78 Å². The Kier molecular flexibility index (Phi) is 4.95. The minimum atomic E-state index is -0.294. The third-order valence-corrected chi connectivity index (χ3v) is 5.04. The van der Waals surface area contributed by atoms with E-state index in [1.165, 1.54) is 21.8 Å². The van der Waals surface area contributed by atoms with E-state index in [4.69, 9.17) is 0 Å². The highest BCUT2D eigenvalue weighted by atomic mass is 32.2. The number of nitrogens with one attached hydrogen (secondary N) is 2. The summed E-state index contributed by atoms with van der Waals surface area (Å²) in [5.74, 6) is 0. The Morgan fingerprint density at radius 2 is 1.78 bits per heavy atom. The second kappa shape index (κ2) is 7.30. The van der Waals surface area contributed by atoms with Crippen LogP contribution in [0.2, 0.25) is 0 Å². The summed E-state index contributed by atoms with van der Waals surface area (Å²) in [6.45, 7) is 2.08. The zero-order chi connectivity index (χ0) is 16.1. The summed E-state index contributed by atoms with van der Waals surface area (Å²) in [6.07, 6.45) is 1.66. The Labute approximate surface area is 143 Å². The molecule has 0 aliphatic rings. The van der Waals surface area contributed by atoms with Crippen molar-refractivity contribution >= 4 is 39.9 Å². The maximum Gasteiger partial charge on any atom is 0.325 e. The molecule has 0 bridgehead atoms. The van der Waals surface area contributed by atoms with Crippen molar-refractivity contribution in [2.45, 2.75) is 16.7 Å². The first-order chi connectivity index (χ1) is 11.2. The Morgan fingerprint density at radius 1 is 1.04 bits per heavy atom. The zero-order valence-electron chi connectivity index (χ0n) is 12.4.